The number of carbonyl (C=O) groups is 1. The van der Waals surface area contributed by atoms with E-state index in [0.717, 1.165) is 10.9 Å². The number of imidazole rings is 1. The fourth-order valence-corrected chi connectivity index (χ4v) is 4.59. The molecule has 4 aromatic rings. The van der Waals surface area contributed by atoms with Gasteiger partial charge >= 0.3 is 5.97 Å². The smallest absolute Gasteiger partial charge is 0.306 e. The molecule has 0 spiro atoms. The molecule has 0 aliphatic carbocycles. The summed E-state index contributed by atoms with van der Waals surface area (Å²) in [5.41, 5.74) is 2.15. The van der Waals surface area contributed by atoms with Crippen molar-refractivity contribution in [2.75, 3.05) is 18.0 Å². The maximum absolute atomic E-state index is 11.4. The monoisotopic (exact) mass is 474 g/mol. The van der Waals surface area contributed by atoms with E-state index in [1.165, 1.54) is 0 Å². The Labute approximate surface area is 193 Å². The standard InChI is InChI=1S/C22H17Cl3N4O2/c23-14-3-1-2-12-4-5-19(27-20(12)14)29-18-11-16(25)15(24)10-17(18)26-22(29)28-8-6-13(7-9-28)21(30)31/h1-5,10-11,13H,6-9H2,(H,30,31). The van der Waals surface area contributed by atoms with Crippen molar-refractivity contribution in [3.8, 4) is 5.82 Å². The predicted octanol–water partition coefficient (Wildman–Crippen LogP) is 5.83. The number of hydrogen-bond donors (Lipinski definition) is 1. The summed E-state index contributed by atoms with van der Waals surface area (Å²) in [6, 6.07) is 13.0. The first-order valence-electron chi connectivity index (χ1n) is 9.83. The molecule has 0 saturated carbocycles. The molecule has 0 unspecified atom stereocenters. The average molecular weight is 476 g/mol. The van der Waals surface area contributed by atoms with Crippen LogP contribution in [0.1, 0.15) is 12.8 Å². The predicted molar refractivity (Wildman–Crippen MR) is 124 cm³/mol. The van der Waals surface area contributed by atoms with Gasteiger partial charge in [-0.15, -0.1) is 0 Å². The van der Waals surface area contributed by atoms with Crippen molar-refractivity contribution in [3.63, 3.8) is 0 Å². The van der Waals surface area contributed by atoms with E-state index in [0.29, 0.717) is 63.8 Å². The third-order valence-corrected chi connectivity index (χ3v) is 6.72. The number of carboxylic acids is 1. The van der Waals surface area contributed by atoms with E-state index in [-0.39, 0.29) is 5.92 Å². The lowest BCUT2D eigenvalue weighted by Gasteiger charge is -2.31. The topological polar surface area (TPSA) is 71.2 Å². The largest absolute Gasteiger partial charge is 0.481 e. The average Bonchev–Trinajstić information content (AvgIpc) is 3.12. The minimum atomic E-state index is -0.752. The van der Waals surface area contributed by atoms with E-state index in [1.807, 2.05) is 28.8 Å². The van der Waals surface area contributed by atoms with Crippen LogP contribution in [0.5, 0.6) is 0 Å². The number of para-hydroxylation sites is 1. The first-order valence-corrected chi connectivity index (χ1v) is 11.0. The first-order chi connectivity index (χ1) is 14.9. The third-order valence-electron chi connectivity index (χ3n) is 5.69. The molecule has 1 N–H and O–H groups in total. The van der Waals surface area contributed by atoms with Crippen LogP contribution in [-0.2, 0) is 4.79 Å². The summed E-state index contributed by atoms with van der Waals surface area (Å²) < 4.78 is 1.93. The van der Waals surface area contributed by atoms with E-state index < -0.39 is 5.97 Å². The fraction of sp³-hybridized carbons (Fsp3) is 0.227. The number of aromatic nitrogens is 3. The molecule has 0 radical (unpaired) electrons. The van der Waals surface area contributed by atoms with Crippen LogP contribution in [0.25, 0.3) is 27.8 Å². The van der Waals surface area contributed by atoms with Gasteiger partial charge in [0.25, 0.3) is 0 Å². The molecule has 9 heteroatoms. The minimum Gasteiger partial charge on any atom is -0.481 e. The lowest BCUT2D eigenvalue weighted by atomic mass is 9.97. The highest BCUT2D eigenvalue weighted by Crippen LogP contribution is 2.35. The highest BCUT2D eigenvalue weighted by Gasteiger charge is 2.28. The van der Waals surface area contributed by atoms with Crippen LogP contribution in [0.2, 0.25) is 15.1 Å². The maximum atomic E-state index is 11.4. The van der Waals surface area contributed by atoms with Gasteiger partial charge in [0.05, 0.1) is 37.5 Å². The van der Waals surface area contributed by atoms with Crippen molar-refractivity contribution in [3.05, 3.63) is 57.5 Å². The summed E-state index contributed by atoms with van der Waals surface area (Å²) in [4.78, 5) is 23.1. The van der Waals surface area contributed by atoms with Crippen LogP contribution in [0.3, 0.4) is 0 Å². The zero-order valence-corrected chi connectivity index (χ0v) is 18.5. The number of halogens is 3. The number of benzene rings is 2. The van der Waals surface area contributed by atoms with E-state index in [1.54, 1.807) is 18.2 Å². The normalized spacial score (nSPS) is 15.1. The quantitative estimate of drug-likeness (QED) is 0.403. The number of aliphatic carboxylic acids is 1. The fourth-order valence-electron chi connectivity index (χ4n) is 4.05. The Kier molecular flexibility index (Phi) is 5.16. The summed E-state index contributed by atoms with van der Waals surface area (Å²) in [5, 5.41) is 11.7. The Morgan fingerprint density at radius 2 is 1.71 bits per heavy atom. The Hall–Kier alpha value is -2.54. The molecule has 1 saturated heterocycles. The van der Waals surface area contributed by atoms with Crippen LogP contribution in [-0.4, -0.2) is 38.7 Å². The summed E-state index contributed by atoms with van der Waals surface area (Å²) in [7, 11) is 0. The lowest BCUT2D eigenvalue weighted by Crippen LogP contribution is -2.37. The second-order valence-electron chi connectivity index (χ2n) is 7.58. The van der Waals surface area contributed by atoms with Crippen LogP contribution >= 0.6 is 34.8 Å². The zero-order valence-electron chi connectivity index (χ0n) is 16.2. The Bertz CT molecular complexity index is 1330. The molecule has 1 aliphatic heterocycles. The van der Waals surface area contributed by atoms with Gasteiger partial charge in [0.2, 0.25) is 5.95 Å². The molecule has 0 bridgehead atoms. The molecule has 2 aromatic heterocycles. The highest BCUT2D eigenvalue weighted by molar-refractivity contribution is 6.42. The number of piperidine rings is 1. The van der Waals surface area contributed by atoms with Gasteiger partial charge < -0.3 is 10.0 Å². The van der Waals surface area contributed by atoms with E-state index in [2.05, 4.69) is 4.90 Å². The third kappa shape index (κ3) is 3.59. The summed E-state index contributed by atoms with van der Waals surface area (Å²) >= 11 is 19.0. The number of anilines is 1. The number of hydrogen-bond acceptors (Lipinski definition) is 4. The molecule has 158 valence electrons. The minimum absolute atomic E-state index is 0.337. The zero-order chi connectivity index (χ0) is 21.7. The van der Waals surface area contributed by atoms with Crippen LogP contribution in [0.15, 0.2) is 42.5 Å². The number of fused-ring (bicyclic) bond motifs is 2. The van der Waals surface area contributed by atoms with Crippen LogP contribution < -0.4 is 4.90 Å². The lowest BCUT2D eigenvalue weighted by molar-refractivity contribution is -0.142. The molecule has 0 amide bonds. The number of nitrogens with zero attached hydrogens (tertiary/aromatic N) is 4. The van der Waals surface area contributed by atoms with Crippen molar-refractivity contribution < 1.29 is 9.90 Å². The molecule has 1 aliphatic rings. The molecule has 6 nitrogen and oxygen atoms in total. The van der Waals surface area contributed by atoms with Gasteiger partial charge in [0.15, 0.2) is 0 Å². The molecular weight excluding hydrogens is 459 g/mol. The number of carboxylic acid groups (broad SMARTS) is 1. The van der Waals surface area contributed by atoms with Crippen LogP contribution in [0, 0.1) is 5.92 Å². The molecule has 5 rings (SSSR count). The number of pyridine rings is 1. The van der Waals surface area contributed by atoms with Gasteiger partial charge in [-0.3, -0.25) is 9.36 Å². The van der Waals surface area contributed by atoms with E-state index in [4.69, 9.17) is 44.8 Å². The van der Waals surface area contributed by atoms with E-state index >= 15 is 0 Å². The molecule has 2 aromatic carbocycles. The molecule has 0 atom stereocenters. The van der Waals surface area contributed by atoms with E-state index in [9.17, 15) is 9.90 Å². The van der Waals surface area contributed by atoms with Gasteiger partial charge in [0, 0.05) is 18.5 Å². The Morgan fingerprint density at radius 3 is 2.45 bits per heavy atom. The van der Waals surface area contributed by atoms with Crippen molar-refractivity contribution in [1.82, 2.24) is 14.5 Å². The maximum Gasteiger partial charge on any atom is 0.306 e. The van der Waals surface area contributed by atoms with Crippen molar-refractivity contribution in [1.29, 1.82) is 0 Å². The first kappa shape index (κ1) is 20.4. The highest BCUT2D eigenvalue weighted by atomic mass is 35.5. The second kappa shape index (κ2) is 7.86. The van der Waals surface area contributed by atoms with Crippen molar-refractivity contribution in [2.45, 2.75) is 12.8 Å². The van der Waals surface area contributed by atoms with Crippen molar-refractivity contribution >= 4 is 68.7 Å². The van der Waals surface area contributed by atoms with Crippen LogP contribution in [0.4, 0.5) is 5.95 Å². The molecular formula is C22H17Cl3N4O2. The SMILES string of the molecule is O=C(O)C1CCN(c2nc3cc(Cl)c(Cl)cc3n2-c2ccc3cccc(Cl)c3n2)CC1. The molecule has 1 fully saturated rings. The van der Waals surface area contributed by atoms with Gasteiger partial charge in [-0.25, -0.2) is 9.97 Å². The second-order valence-corrected chi connectivity index (χ2v) is 8.80. The van der Waals surface area contributed by atoms with Gasteiger partial charge in [0.1, 0.15) is 5.82 Å². The van der Waals surface area contributed by atoms with Crippen molar-refractivity contribution in [2.24, 2.45) is 5.92 Å². The Balaban J connectivity index is 1.69. The van der Waals surface area contributed by atoms with Gasteiger partial charge in [-0.05, 0) is 43.2 Å². The summed E-state index contributed by atoms with van der Waals surface area (Å²) in [5.74, 6) is 0.237. The van der Waals surface area contributed by atoms with Gasteiger partial charge in [-0.1, -0.05) is 46.9 Å². The molecule has 3 heterocycles. The Morgan fingerprint density at radius 1 is 0.968 bits per heavy atom. The molecule has 31 heavy (non-hydrogen) atoms. The summed E-state index contributed by atoms with van der Waals surface area (Å²) in [6.07, 6.45) is 1.11. The summed E-state index contributed by atoms with van der Waals surface area (Å²) in [6.45, 7) is 1.16. The number of rotatable bonds is 3. The van der Waals surface area contributed by atoms with Gasteiger partial charge in [-0.2, -0.15) is 0 Å².